The summed E-state index contributed by atoms with van der Waals surface area (Å²) in [6.07, 6.45) is 0.0629. The van der Waals surface area contributed by atoms with E-state index in [-0.39, 0.29) is 17.3 Å². The minimum atomic E-state index is -0.433. The first-order valence-corrected chi connectivity index (χ1v) is 10.3. The summed E-state index contributed by atoms with van der Waals surface area (Å²) in [5.74, 6) is 0.962. The largest absolute Gasteiger partial charge is 0.497 e. The van der Waals surface area contributed by atoms with Crippen LogP contribution in [0, 0.1) is 6.92 Å². The zero-order valence-electron chi connectivity index (χ0n) is 18.4. The Morgan fingerprint density at radius 2 is 1.82 bits per heavy atom. The Balaban J connectivity index is 2.08. The number of imidazole rings is 1. The molecule has 0 radical (unpaired) electrons. The zero-order chi connectivity index (χ0) is 20.9. The van der Waals surface area contributed by atoms with Crippen molar-refractivity contribution in [1.82, 2.24) is 14.5 Å². The summed E-state index contributed by atoms with van der Waals surface area (Å²) in [5, 5.41) is 1.07. The number of ether oxygens (including phenoxy) is 1. The van der Waals surface area contributed by atoms with Gasteiger partial charge in [0.1, 0.15) is 5.82 Å². The van der Waals surface area contributed by atoms with Crippen LogP contribution in [0.5, 0.6) is 0 Å². The van der Waals surface area contributed by atoms with Gasteiger partial charge in [0, 0.05) is 19.1 Å². The van der Waals surface area contributed by atoms with Gasteiger partial charge in [-0.25, -0.2) is 4.98 Å². The number of nitrogens with zero attached hydrogens (tertiary/aromatic N) is 3. The highest BCUT2D eigenvalue weighted by molar-refractivity contribution is 7.27. The Bertz CT molecular complexity index is 850. The van der Waals surface area contributed by atoms with E-state index in [1.165, 1.54) is 0 Å². The lowest BCUT2D eigenvalue weighted by Crippen LogP contribution is -2.41. The fourth-order valence-corrected chi connectivity index (χ4v) is 3.97. The summed E-state index contributed by atoms with van der Waals surface area (Å²) in [4.78, 5) is 6.95. The fourth-order valence-electron chi connectivity index (χ4n) is 3.63. The molecule has 2 heterocycles. The first-order valence-electron chi connectivity index (χ1n) is 9.74. The van der Waals surface area contributed by atoms with E-state index in [9.17, 15) is 0 Å². The summed E-state index contributed by atoms with van der Waals surface area (Å²) < 4.78 is 20.7. The van der Waals surface area contributed by atoms with Gasteiger partial charge in [-0.3, -0.25) is 0 Å². The first-order chi connectivity index (χ1) is 12.9. The maximum atomic E-state index is 6.36. The normalized spacial score (nSPS) is 19.7. The number of hydrogen-bond donors (Lipinski definition) is 0. The molecule has 0 amide bonds. The van der Waals surface area contributed by atoms with Gasteiger partial charge in [-0.2, -0.15) is 0 Å². The van der Waals surface area contributed by atoms with Gasteiger partial charge in [0.15, 0.2) is 0 Å². The van der Waals surface area contributed by atoms with Gasteiger partial charge in [0.05, 0.1) is 34.9 Å². The van der Waals surface area contributed by atoms with E-state index in [1.807, 2.05) is 6.92 Å². The molecule has 0 bridgehead atoms. The van der Waals surface area contributed by atoms with Gasteiger partial charge in [0.2, 0.25) is 0 Å². The van der Waals surface area contributed by atoms with E-state index in [4.69, 9.17) is 19.0 Å². The van der Waals surface area contributed by atoms with Gasteiger partial charge in [-0.1, -0.05) is 6.07 Å². The second-order valence-corrected chi connectivity index (χ2v) is 9.62. The average molecular weight is 405 g/mol. The molecule has 0 saturated carbocycles. The van der Waals surface area contributed by atoms with Crippen LogP contribution in [0.15, 0.2) is 12.1 Å². The molecular weight excluding hydrogens is 372 g/mol. The highest BCUT2D eigenvalue weighted by Gasteiger charge is 2.52. The lowest BCUT2D eigenvalue weighted by atomic mass is 9.78. The Kier molecular flexibility index (Phi) is 5.97. The molecule has 1 aromatic heterocycles. The van der Waals surface area contributed by atoms with Crippen LogP contribution in [-0.2, 0) is 20.6 Å². The Morgan fingerprint density at radius 3 is 2.36 bits per heavy atom. The number of hydrogen-bond acceptors (Lipinski definition) is 5. The van der Waals surface area contributed by atoms with Crippen molar-refractivity contribution in [2.75, 3.05) is 27.7 Å². The molecule has 28 heavy (non-hydrogen) atoms. The third-order valence-electron chi connectivity index (χ3n) is 5.88. The van der Waals surface area contributed by atoms with E-state index in [2.05, 4.69) is 72.6 Å². The molecule has 1 aromatic carbocycles. The van der Waals surface area contributed by atoms with Crippen LogP contribution >= 0.6 is 9.24 Å². The molecule has 1 aliphatic heterocycles. The molecule has 2 aromatic rings. The second kappa shape index (κ2) is 7.69. The van der Waals surface area contributed by atoms with Crippen LogP contribution in [0.25, 0.3) is 11.0 Å². The third kappa shape index (κ3) is 4.01. The Morgan fingerprint density at radius 1 is 1.21 bits per heavy atom. The van der Waals surface area contributed by atoms with Gasteiger partial charge < -0.3 is 23.5 Å². The molecule has 3 rings (SSSR count). The molecule has 1 aliphatic rings. The van der Waals surface area contributed by atoms with E-state index in [0.29, 0.717) is 0 Å². The van der Waals surface area contributed by atoms with Gasteiger partial charge in [0.25, 0.3) is 0 Å². The lowest BCUT2D eigenvalue weighted by molar-refractivity contribution is 0.00578. The van der Waals surface area contributed by atoms with Crippen molar-refractivity contribution in [2.24, 2.45) is 0 Å². The number of aryl methyl sites for hydroxylation is 1. The number of rotatable bonds is 6. The van der Waals surface area contributed by atoms with E-state index in [1.54, 1.807) is 7.11 Å². The van der Waals surface area contributed by atoms with Crippen molar-refractivity contribution in [1.29, 1.82) is 0 Å². The molecule has 0 spiro atoms. The smallest absolute Gasteiger partial charge is 0.399 e. The summed E-state index contributed by atoms with van der Waals surface area (Å²) >= 11 is 0. The van der Waals surface area contributed by atoms with Gasteiger partial charge >= 0.3 is 7.12 Å². The highest BCUT2D eigenvalue weighted by atomic mass is 31.0. The SMILES string of the molecule is COC(CN(C)C)Cn1c(C)nc2cc(P)cc(B3OC(C)(C)C(C)(C)O3)c21. The number of likely N-dealkylation sites (N-methyl/N-ethyl adjacent to an activating group) is 1. The Hall–Kier alpha value is -0.975. The van der Waals surface area contributed by atoms with Crippen LogP contribution in [0.4, 0.5) is 0 Å². The Labute approximate surface area is 171 Å². The zero-order valence-corrected chi connectivity index (χ0v) is 19.5. The maximum absolute atomic E-state index is 6.36. The van der Waals surface area contributed by atoms with Crippen LogP contribution in [-0.4, -0.2) is 66.6 Å². The third-order valence-corrected chi connectivity index (χ3v) is 6.21. The van der Waals surface area contributed by atoms with Crippen molar-refractivity contribution in [3.8, 4) is 0 Å². The van der Waals surface area contributed by atoms with E-state index in [0.717, 1.165) is 40.7 Å². The van der Waals surface area contributed by atoms with Crippen molar-refractivity contribution < 1.29 is 14.0 Å². The monoisotopic (exact) mass is 405 g/mol. The van der Waals surface area contributed by atoms with Crippen molar-refractivity contribution in [3.63, 3.8) is 0 Å². The molecule has 0 N–H and O–H groups in total. The minimum Gasteiger partial charge on any atom is -0.399 e. The standard InChI is InChI=1S/C20H33BN3O3P/c1-13-22-17-10-15(28)9-16(21-26-19(2,3)20(4,5)27-21)18(17)24(13)12-14(25-8)11-23(6)7/h9-10,14H,11-12,28H2,1-8H3. The molecule has 1 saturated heterocycles. The topological polar surface area (TPSA) is 48.8 Å². The molecule has 8 heteroatoms. The van der Waals surface area contributed by atoms with Crippen molar-refractivity contribution in [2.45, 2.75) is 58.5 Å². The maximum Gasteiger partial charge on any atom is 0.497 e. The summed E-state index contributed by atoms with van der Waals surface area (Å²) in [5.41, 5.74) is 2.25. The predicted molar refractivity (Wildman–Crippen MR) is 119 cm³/mol. The fraction of sp³-hybridized carbons (Fsp3) is 0.650. The van der Waals surface area contributed by atoms with E-state index < -0.39 is 7.12 Å². The van der Waals surface area contributed by atoms with Crippen molar-refractivity contribution >= 4 is 38.2 Å². The molecule has 0 aliphatic carbocycles. The van der Waals surface area contributed by atoms with E-state index >= 15 is 0 Å². The molecule has 6 nitrogen and oxygen atoms in total. The first kappa shape index (κ1) is 21.7. The van der Waals surface area contributed by atoms with Gasteiger partial charge in [-0.15, -0.1) is 9.24 Å². The number of fused-ring (bicyclic) bond motifs is 1. The lowest BCUT2D eigenvalue weighted by Gasteiger charge is -2.32. The second-order valence-electron chi connectivity index (χ2n) is 8.96. The average Bonchev–Trinajstić information content (AvgIpc) is 2.98. The summed E-state index contributed by atoms with van der Waals surface area (Å²) in [7, 11) is 8.22. The van der Waals surface area contributed by atoms with Crippen LogP contribution in [0.1, 0.15) is 33.5 Å². The number of aromatic nitrogens is 2. The predicted octanol–water partition coefficient (Wildman–Crippen LogP) is 1.72. The molecule has 1 fully saturated rings. The van der Waals surface area contributed by atoms with Crippen molar-refractivity contribution in [3.05, 3.63) is 18.0 Å². The summed E-state index contributed by atoms with van der Waals surface area (Å²) in [6, 6.07) is 4.21. The van der Waals surface area contributed by atoms with Crippen LogP contribution in [0.2, 0.25) is 0 Å². The van der Waals surface area contributed by atoms with Gasteiger partial charge in [-0.05, 0) is 60.1 Å². The molecule has 2 unspecified atom stereocenters. The molecule has 2 atom stereocenters. The number of methoxy groups -OCH3 is 1. The van der Waals surface area contributed by atoms with Crippen LogP contribution < -0.4 is 10.8 Å². The van der Waals surface area contributed by atoms with Crippen LogP contribution in [0.3, 0.4) is 0 Å². The quantitative estimate of drug-likeness (QED) is 0.541. The molecule has 154 valence electrons. The highest BCUT2D eigenvalue weighted by Crippen LogP contribution is 2.37. The number of benzene rings is 1. The molecular formula is C20H33BN3O3P. The minimum absolute atomic E-state index is 0.0629. The summed E-state index contributed by atoms with van der Waals surface area (Å²) in [6.45, 7) is 11.9.